The van der Waals surface area contributed by atoms with E-state index in [9.17, 15) is 23.3 Å². The summed E-state index contributed by atoms with van der Waals surface area (Å²) in [6, 6.07) is 13.1. The van der Waals surface area contributed by atoms with Gasteiger partial charge < -0.3 is 4.90 Å². The van der Waals surface area contributed by atoms with Crippen molar-refractivity contribution in [1.82, 2.24) is 9.21 Å². The van der Waals surface area contributed by atoms with Crippen molar-refractivity contribution in [2.24, 2.45) is 0 Å². The number of nitrogens with zero attached hydrogens (tertiary/aromatic N) is 3. The minimum atomic E-state index is -4.00. The van der Waals surface area contributed by atoms with E-state index < -0.39 is 20.6 Å². The Balaban J connectivity index is 1.61. The minimum Gasteiger partial charge on any atom is -0.340 e. The molecular formula is C19H20BrN3O5S. The number of carbonyl (C=O) groups excluding carboxylic acids is 1. The van der Waals surface area contributed by atoms with Crippen LogP contribution in [0.1, 0.15) is 12.0 Å². The third kappa shape index (κ3) is 5.01. The number of rotatable bonds is 6. The SMILES string of the molecule is O=C(CCc1cccc(Br)c1)N1CCN(S(=O)(=O)c2ccccc2[N+](=O)[O-])CC1. The maximum Gasteiger partial charge on any atom is 0.289 e. The Labute approximate surface area is 177 Å². The molecule has 0 aliphatic carbocycles. The van der Waals surface area contributed by atoms with Gasteiger partial charge in [0.1, 0.15) is 0 Å². The zero-order chi connectivity index (χ0) is 21.0. The van der Waals surface area contributed by atoms with Gasteiger partial charge in [-0.15, -0.1) is 0 Å². The zero-order valence-corrected chi connectivity index (χ0v) is 17.9. The fourth-order valence-electron chi connectivity index (χ4n) is 3.24. The summed E-state index contributed by atoms with van der Waals surface area (Å²) in [5, 5.41) is 11.2. The van der Waals surface area contributed by atoms with E-state index in [1.54, 1.807) is 4.90 Å². The molecule has 0 atom stereocenters. The van der Waals surface area contributed by atoms with Crippen LogP contribution in [-0.2, 0) is 21.2 Å². The van der Waals surface area contributed by atoms with Crippen molar-refractivity contribution in [1.29, 1.82) is 0 Å². The Morgan fingerprint density at radius 1 is 1.07 bits per heavy atom. The largest absolute Gasteiger partial charge is 0.340 e. The molecule has 2 aromatic rings. The molecule has 1 fully saturated rings. The van der Waals surface area contributed by atoms with Crippen LogP contribution in [-0.4, -0.2) is 54.6 Å². The fraction of sp³-hybridized carbons (Fsp3) is 0.316. The maximum absolute atomic E-state index is 12.8. The third-order valence-corrected chi connectivity index (χ3v) is 7.23. The van der Waals surface area contributed by atoms with Crippen LogP contribution < -0.4 is 0 Å². The monoisotopic (exact) mass is 481 g/mol. The average molecular weight is 482 g/mol. The number of carbonyl (C=O) groups is 1. The number of halogens is 1. The van der Waals surface area contributed by atoms with Crippen molar-refractivity contribution in [2.45, 2.75) is 17.7 Å². The lowest BCUT2D eigenvalue weighted by molar-refractivity contribution is -0.387. The van der Waals surface area contributed by atoms with Gasteiger partial charge in [-0.25, -0.2) is 8.42 Å². The number of nitro groups is 1. The fourth-order valence-corrected chi connectivity index (χ4v) is 5.27. The summed E-state index contributed by atoms with van der Waals surface area (Å²) in [6.07, 6.45) is 0.945. The predicted octanol–water partition coefficient (Wildman–Crippen LogP) is 2.82. The van der Waals surface area contributed by atoms with Crippen LogP contribution >= 0.6 is 15.9 Å². The smallest absolute Gasteiger partial charge is 0.289 e. The van der Waals surface area contributed by atoms with Gasteiger partial charge in [0.25, 0.3) is 5.69 Å². The topological polar surface area (TPSA) is 101 Å². The van der Waals surface area contributed by atoms with Crippen molar-refractivity contribution < 1.29 is 18.1 Å². The van der Waals surface area contributed by atoms with Gasteiger partial charge in [0, 0.05) is 43.1 Å². The first-order valence-electron chi connectivity index (χ1n) is 9.05. The van der Waals surface area contributed by atoms with Crippen LogP contribution in [0.5, 0.6) is 0 Å². The van der Waals surface area contributed by atoms with Gasteiger partial charge in [0.2, 0.25) is 15.9 Å². The van der Waals surface area contributed by atoms with Crippen molar-refractivity contribution >= 4 is 37.5 Å². The van der Waals surface area contributed by atoms with Gasteiger partial charge in [0.15, 0.2) is 4.90 Å². The molecule has 1 heterocycles. The molecule has 0 radical (unpaired) electrons. The molecule has 2 aromatic carbocycles. The zero-order valence-electron chi connectivity index (χ0n) is 15.5. The van der Waals surface area contributed by atoms with Crippen LogP contribution in [0.2, 0.25) is 0 Å². The first-order valence-corrected chi connectivity index (χ1v) is 11.3. The van der Waals surface area contributed by atoms with Gasteiger partial charge in [-0.2, -0.15) is 4.31 Å². The van der Waals surface area contributed by atoms with E-state index in [2.05, 4.69) is 15.9 Å². The molecule has 1 aliphatic rings. The quantitative estimate of drug-likeness (QED) is 0.466. The number of aryl methyl sites for hydroxylation is 1. The van der Waals surface area contributed by atoms with Crippen molar-refractivity contribution in [3.05, 3.63) is 68.7 Å². The summed E-state index contributed by atoms with van der Waals surface area (Å²) in [5.74, 6) is -0.0345. The third-order valence-electron chi connectivity index (χ3n) is 4.79. The lowest BCUT2D eigenvalue weighted by Crippen LogP contribution is -2.50. The second kappa shape index (κ2) is 9.02. The molecular weight excluding hydrogens is 462 g/mol. The lowest BCUT2D eigenvalue weighted by atomic mass is 10.1. The van der Waals surface area contributed by atoms with E-state index >= 15 is 0 Å². The minimum absolute atomic E-state index is 0.0345. The second-order valence-electron chi connectivity index (χ2n) is 6.64. The Kier molecular flexibility index (Phi) is 6.66. The predicted molar refractivity (Wildman–Crippen MR) is 111 cm³/mol. The molecule has 10 heteroatoms. The highest BCUT2D eigenvalue weighted by molar-refractivity contribution is 9.10. The first-order chi connectivity index (χ1) is 13.8. The van der Waals surface area contributed by atoms with Gasteiger partial charge in [-0.3, -0.25) is 14.9 Å². The number of amides is 1. The van der Waals surface area contributed by atoms with Crippen molar-refractivity contribution in [2.75, 3.05) is 26.2 Å². The molecule has 1 saturated heterocycles. The van der Waals surface area contributed by atoms with Crippen LogP contribution in [0, 0.1) is 10.1 Å². The molecule has 0 bridgehead atoms. The highest BCUT2D eigenvalue weighted by atomic mass is 79.9. The normalized spacial score (nSPS) is 15.3. The average Bonchev–Trinajstić information content (AvgIpc) is 2.72. The summed E-state index contributed by atoms with van der Waals surface area (Å²) in [7, 11) is -4.00. The molecule has 0 spiro atoms. The number of nitro benzene ring substituents is 1. The molecule has 1 amide bonds. The molecule has 0 aromatic heterocycles. The molecule has 154 valence electrons. The van der Waals surface area contributed by atoms with Crippen LogP contribution in [0.4, 0.5) is 5.69 Å². The molecule has 0 saturated carbocycles. The molecule has 0 unspecified atom stereocenters. The number of hydrogen-bond donors (Lipinski definition) is 0. The van der Waals surface area contributed by atoms with Gasteiger partial charge in [0.05, 0.1) is 4.92 Å². The van der Waals surface area contributed by atoms with E-state index in [0.717, 1.165) is 10.0 Å². The summed E-state index contributed by atoms with van der Waals surface area (Å²) < 4.78 is 27.8. The van der Waals surface area contributed by atoms with E-state index in [1.807, 2.05) is 24.3 Å². The highest BCUT2D eigenvalue weighted by Gasteiger charge is 2.34. The Hall–Kier alpha value is -2.30. The Morgan fingerprint density at radius 2 is 1.76 bits per heavy atom. The van der Waals surface area contributed by atoms with E-state index in [1.165, 1.54) is 28.6 Å². The van der Waals surface area contributed by atoms with Crippen molar-refractivity contribution in [3.63, 3.8) is 0 Å². The van der Waals surface area contributed by atoms with Crippen LogP contribution in [0.3, 0.4) is 0 Å². The van der Waals surface area contributed by atoms with Gasteiger partial charge in [-0.05, 0) is 30.2 Å². The molecule has 3 rings (SSSR count). The summed E-state index contributed by atoms with van der Waals surface area (Å²) in [6.45, 7) is 0.738. The maximum atomic E-state index is 12.8. The summed E-state index contributed by atoms with van der Waals surface area (Å²) in [5.41, 5.74) is 0.602. The molecule has 29 heavy (non-hydrogen) atoms. The highest BCUT2D eigenvalue weighted by Crippen LogP contribution is 2.27. The second-order valence-corrected chi connectivity index (χ2v) is 9.46. The van der Waals surface area contributed by atoms with E-state index in [0.29, 0.717) is 12.8 Å². The van der Waals surface area contributed by atoms with E-state index in [4.69, 9.17) is 0 Å². The molecule has 0 N–H and O–H groups in total. The number of hydrogen-bond acceptors (Lipinski definition) is 5. The van der Waals surface area contributed by atoms with Gasteiger partial charge in [-0.1, -0.05) is 40.2 Å². The number of para-hydroxylation sites is 1. The number of piperazine rings is 1. The van der Waals surface area contributed by atoms with Crippen LogP contribution in [0.25, 0.3) is 0 Å². The summed E-state index contributed by atoms with van der Waals surface area (Å²) >= 11 is 3.40. The Morgan fingerprint density at radius 3 is 2.41 bits per heavy atom. The number of benzene rings is 2. The van der Waals surface area contributed by atoms with Crippen LogP contribution in [0.15, 0.2) is 57.9 Å². The Bertz CT molecular complexity index is 1020. The standard InChI is InChI=1S/C19H20BrN3O5S/c20-16-5-3-4-15(14-16)8-9-19(24)21-10-12-22(13-11-21)29(27,28)18-7-2-1-6-17(18)23(25)26/h1-7,14H,8-13H2. The summed E-state index contributed by atoms with van der Waals surface area (Å²) in [4.78, 5) is 24.3. The molecule has 8 nitrogen and oxygen atoms in total. The van der Waals surface area contributed by atoms with Crippen molar-refractivity contribution in [3.8, 4) is 0 Å². The number of sulfonamides is 1. The first kappa shape index (κ1) is 21.4. The lowest BCUT2D eigenvalue weighted by Gasteiger charge is -2.34. The molecule has 1 aliphatic heterocycles. The van der Waals surface area contributed by atoms with E-state index in [-0.39, 0.29) is 37.0 Å². The van der Waals surface area contributed by atoms with Gasteiger partial charge >= 0.3 is 0 Å².